The van der Waals surface area contributed by atoms with Crippen LogP contribution in [0, 0.1) is 0 Å². The molecule has 0 heterocycles. The molecule has 0 N–H and O–H groups in total. The van der Waals surface area contributed by atoms with Crippen LogP contribution in [-0.2, 0) is 0 Å². The van der Waals surface area contributed by atoms with E-state index in [1.54, 1.807) is 0 Å². The van der Waals surface area contributed by atoms with Gasteiger partial charge in [-0.2, -0.15) is 0 Å². The van der Waals surface area contributed by atoms with Gasteiger partial charge in [0.15, 0.2) is 0 Å². The fraction of sp³-hybridized carbons (Fsp3) is 0.375. The minimum atomic E-state index is 0.209. The van der Waals surface area contributed by atoms with Crippen LogP contribution < -0.4 is 4.90 Å². The zero-order chi connectivity index (χ0) is 13.4. The highest BCUT2D eigenvalue weighted by molar-refractivity contribution is 5.48. The van der Waals surface area contributed by atoms with Crippen LogP contribution in [0.4, 0.5) is 5.69 Å². The fourth-order valence-corrected chi connectivity index (χ4v) is 2.20. The van der Waals surface area contributed by atoms with E-state index in [1.165, 1.54) is 5.69 Å². The average Bonchev–Trinajstić information content (AvgIpc) is 2.43. The van der Waals surface area contributed by atoms with Gasteiger partial charge < -0.3 is 4.90 Å². The summed E-state index contributed by atoms with van der Waals surface area (Å²) in [6.07, 6.45) is 4.15. The predicted molar refractivity (Wildman–Crippen MR) is 80.9 cm³/mol. The lowest BCUT2D eigenvalue weighted by Gasteiger charge is -2.38. The number of hydrogen-bond donors (Lipinski definition) is 0. The SMILES string of the molecule is C=CCN(c1ccccc1)C(C=C)N(CC)CC. The highest BCUT2D eigenvalue weighted by Gasteiger charge is 2.19. The van der Waals surface area contributed by atoms with Gasteiger partial charge in [0, 0.05) is 12.2 Å². The summed E-state index contributed by atoms with van der Waals surface area (Å²) in [7, 11) is 0. The summed E-state index contributed by atoms with van der Waals surface area (Å²) in [5, 5.41) is 0. The van der Waals surface area contributed by atoms with Gasteiger partial charge in [-0.05, 0) is 25.2 Å². The Kier molecular flexibility index (Phi) is 6.23. The molecule has 1 rings (SSSR count). The van der Waals surface area contributed by atoms with Crippen LogP contribution in [0.5, 0.6) is 0 Å². The van der Waals surface area contributed by atoms with E-state index in [0.29, 0.717) is 0 Å². The van der Waals surface area contributed by atoms with Crippen LogP contribution in [0.15, 0.2) is 55.6 Å². The maximum Gasteiger partial charge on any atom is 0.101 e. The first-order valence-electron chi connectivity index (χ1n) is 6.57. The molecule has 0 bridgehead atoms. The number of rotatable bonds is 8. The van der Waals surface area contributed by atoms with Crippen LogP contribution in [0.1, 0.15) is 13.8 Å². The van der Waals surface area contributed by atoms with E-state index in [4.69, 9.17) is 0 Å². The van der Waals surface area contributed by atoms with Gasteiger partial charge in [-0.1, -0.05) is 50.8 Å². The van der Waals surface area contributed by atoms with Crippen LogP contribution >= 0.6 is 0 Å². The summed E-state index contributed by atoms with van der Waals surface area (Å²) >= 11 is 0. The summed E-state index contributed by atoms with van der Waals surface area (Å²) in [5.41, 5.74) is 1.20. The molecular weight excluding hydrogens is 220 g/mol. The second-order valence-corrected chi connectivity index (χ2v) is 4.15. The first-order chi connectivity index (χ1) is 8.78. The Morgan fingerprint density at radius 1 is 1.11 bits per heavy atom. The molecule has 0 aromatic heterocycles. The highest BCUT2D eigenvalue weighted by atomic mass is 15.3. The normalized spacial score (nSPS) is 12.2. The van der Waals surface area contributed by atoms with E-state index >= 15 is 0 Å². The molecule has 0 fully saturated rings. The lowest BCUT2D eigenvalue weighted by Crippen LogP contribution is -2.47. The summed E-state index contributed by atoms with van der Waals surface area (Å²) in [6.45, 7) is 15.0. The number of hydrogen-bond acceptors (Lipinski definition) is 2. The molecule has 0 aliphatic rings. The summed E-state index contributed by atoms with van der Waals surface area (Å²) in [4.78, 5) is 4.69. The molecule has 0 saturated carbocycles. The van der Waals surface area contributed by atoms with Gasteiger partial charge in [-0.3, -0.25) is 4.90 Å². The molecule has 0 aliphatic heterocycles. The van der Waals surface area contributed by atoms with Crippen molar-refractivity contribution >= 4 is 5.69 Å². The number of likely N-dealkylation sites (N-methyl/N-ethyl adjacent to an activating group) is 1. The van der Waals surface area contributed by atoms with Crippen LogP contribution in [0.2, 0.25) is 0 Å². The van der Waals surface area contributed by atoms with Crippen molar-refractivity contribution in [3.05, 3.63) is 55.6 Å². The third-order valence-electron chi connectivity index (χ3n) is 3.13. The van der Waals surface area contributed by atoms with Crippen molar-refractivity contribution in [2.24, 2.45) is 0 Å². The molecule has 0 spiro atoms. The van der Waals surface area contributed by atoms with Crippen molar-refractivity contribution in [2.75, 3.05) is 24.5 Å². The summed E-state index contributed by atoms with van der Waals surface area (Å²) in [5.74, 6) is 0. The van der Waals surface area contributed by atoms with Crippen LogP contribution in [-0.4, -0.2) is 30.7 Å². The van der Waals surface area contributed by atoms with Gasteiger partial charge >= 0.3 is 0 Å². The van der Waals surface area contributed by atoms with Crippen molar-refractivity contribution in [3.63, 3.8) is 0 Å². The minimum Gasteiger partial charge on any atom is -0.349 e. The number of benzene rings is 1. The predicted octanol–water partition coefficient (Wildman–Crippen LogP) is 3.53. The lowest BCUT2D eigenvalue weighted by molar-refractivity contribution is 0.249. The Balaban J connectivity index is 3.01. The van der Waals surface area contributed by atoms with Gasteiger partial charge in [0.1, 0.15) is 6.17 Å². The maximum atomic E-state index is 3.99. The molecule has 0 saturated heterocycles. The Bertz CT molecular complexity index is 355. The van der Waals surface area contributed by atoms with Crippen molar-refractivity contribution in [1.82, 2.24) is 4.90 Å². The largest absolute Gasteiger partial charge is 0.349 e. The molecule has 98 valence electrons. The highest BCUT2D eigenvalue weighted by Crippen LogP contribution is 2.19. The fourth-order valence-electron chi connectivity index (χ4n) is 2.20. The maximum absolute atomic E-state index is 3.99. The Morgan fingerprint density at radius 3 is 2.17 bits per heavy atom. The molecule has 1 atom stereocenters. The Morgan fingerprint density at radius 2 is 1.72 bits per heavy atom. The topological polar surface area (TPSA) is 6.48 Å². The van der Waals surface area contributed by atoms with Crippen molar-refractivity contribution in [1.29, 1.82) is 0 Å². The molecule has 1 unspecified atom stereocenters. The Hall–Kier alpha value is -1.54. The molecule has 0 radical (unpaired) electrons. The number of anilines is 1. The van der Waals surface area contributed by atoms with Gasteiger partial charge in [0.05, 0.1) is 0 Å². The molecule has 0 amide bonds. The molecule has 2 nitrogen and oxygen atoms in total. The summed E-state index contributed by atoms with van der Waals surface area (Å²) < 4.78 is 0. The number of nitrogens with zero attached hydrogens (tertiary/aromatic N) is 2. The quantitative estimate of drug-likeness (QED) is 0.510. The molecule has 1 aromatic rings. The molecule has 18 heavy (non-hydrogen) atoms. The van der Waals surface area contributed by atoms with E-state index in [2.05, 4.69) is 61.1 Å². The zero-order valence-electron chi connectivity index (χ0n) is 11.5. The Labute approximate surface area is 111 Å². The average molecular weight is 244 g/mol. The van der Waals surface area contributed by atoms with Crippen LogP contribution in [0.25, 0.3) is 0 Å². The third kappa shape index (κ3) is 3.47. The number of para-hydroxylation sites is 1. The van der Waals surface area contributed by atoms with Gasteiger partial charge in [-0.15, -0.1) is 6.58 Å². The zero-order valence-corrected chi connectivity index (χ0v) is 11.5. The summed E-state index contributed by atoms with van der Waals surface area (Å²) in [6, 6.07) is 10.4. The first kappa shape index (κ1) is 14.5. The van der Waals surface area contributed by atoms with E-state index in [-0.39, 0.29) is 6.17 Å². The monoisotopic (exact) mass is 244 g/mol. The van der Waals surface area contributed by atoms with E-state index in [9.17, 15) is 0 Å². The van der Waals surface area contributed by atoms with E-state index < -0.39 is 0 Å². The lowest BCUT2D eigenvalue weighted by atomic mass is 10.2. The molecule has 0 aliphatic carbocycles. The van der Waals surface area contributed by atoms with Crippen molar-refractivity contribution in [3.8, 4) is 0 Å². The molecular formula is C16H24N2. The first-order valence-corrected chi connectivity index (χ1v) is 6.57. The van der Waals surface area contributed by atoms with Crippen molar-refractivity contribution < 1.29 is 0 Å². The minimum absolute atomic E-state index is 0.209. The smallest absolute Gasteiger partial charge is 0.101 e. The second kappa shape index (κ2) is 7.72. The standard InChI is InChI=1S/C16H24N2/c1-5-14-18(15-12-10-9-11-13-15)16(6-2)17(7-3)8-4/h5-6,9-13,16H,1-2,7-8,14H2,3-4H3. The third-order valence-corrected chi connectivity index (χ3v) is 3.13. The second-order valence-electron chi connectivity index (χ2n) is 4.15. The molecule has 1 aromatic carbocycles. The molecule has 2 heteroatoms. The van der Waals surface area contributed by atoms with Crippen molar-refractivity contribution in [2.45, 2.75) is 20.0 Å². The van der Waals surface area contributed by atoms with E-state index in [0.717, 1.165) is 19.6 Å². The van der Waals surface area contributed by atoms with Gasteiger partial charge in [0.2, 0.25) is 0 Å². The van der Waals surface area contributed by atoms with Gasteiger partial charge in [0.25, 0.3) is 0 Å². The van der Waals surface area contributed by atoms with E-state index in [1.807, 2.05) is 18.2 Å². The van der Waals surface area contributed by atoms with Gasteiger partial charge in [-0.25, -0.2) is 0 Å². The van der Waals surface area contributed by atoms with Crippen LogP contribution in [0.3, 0.4) is 0 Å².